The smallest absolute Gasteiger partial charge is 0.0897 e. The summed E-state index contributed by atoms with van der Waals surface area (Å²) in [5, 5.41) is 12.5. The first kappa shape index (κ1) is 17.0. The molecule has 5 nitrogen and oxygen atoms in total. The standard InChI is InChI=1S/C11H25NO4S/c1-10(2)16-6-5-15-9-11(13)8-12-4-7-17(3)14/h10-13H,4-9H2,1-3H3. The van der Waals surface area contributed by atoms with E-state index < -0.39 is 16.9 Å². The van der Waals surface area contributed by atoms with Crippen LogP contribution < -0.4 is 5.32 Å². The highest BCUT2D eigenvalue weighted by atomic mass is 32.2. The minimum absolute atomic E-state index is 0.208. The SMILES string of the molecule is CC(C)OCCOCC(O)CNCCS(C)=O. The molecule has 0 aromatic rings. The van der Waals surface area contributed by atoms with Gasteiger partial charge in [-0.2, -0.15) is 0 Å². The molecular weight excluding hydrogens is 242 g/mol. The summed E-state index contributed by atoms with van der Waals surface area (Å²) in [5.74, 6) is 0.607. The van der Waals surface area contributed by atoms with Gasteiger partial charge in [0.25, 0.3) is 0 Å². The van der Waals surface area contributed by atoms with Gasteiger partial charge in [-0.15, -0.1) is 0 Å². The van der Waals surface area contributed by atoms with E-state index in [4.69, 9.17) is 9.47 Å². The lowest BCUT2D eigenvalue weighted by Gasteiger charge is -2.13. The lowest BCUT2D eigenvalue weighted by Crippen LogP contribution is -2.33. The van der Waals surface area contributed by atoms with Crippen LogP contribution in [-0.4, -0.2) is 66.4 Å². The van der Waals surface area contributed by atoms with E-state index in [1.165, 1.54) is 0 Å². The zero-order valence-electron chi connectivity index (χ0n) is 11.0. The Bertz CT molecular complexity index is 202. The Morgan fingerprint density at radius 3 is 2.65 bits per heavy atom. The summed E-state index contributed by atoms with van der Waals surface area (Å²) in [7, 11) is -0.785. The molecule has 0 heterocycles. The lowest BCUT2D eigenvalue weighted by atomic mass is 10.4. The van der Waals surface area contributed by atoms with Crippen LogP contribution in [0, 0.1) is 0 Å². The molecule has 2 unspecified atom stereocenters. The van der Waals surface area contributed by atoms with Crippen molar-refractivity contribution in [1.82, 2.24) is 5.32 Å². The van der Waals surface area contributed by atoms with Gasteiger partial charge in [-0.3, -0.25) is 4.21 Å². The van der Waals surface area contributed by atoms with Crippen molar-refractivity contribution in [3.8, 4) is 0 Å². The molecular formula is C11H25NO4S. The van der Waals surface area contributed by atoms with Crippen molar-refractivity contribution in [2.75, 3.05) is 44.9 Å². The van der Waals surface area contributed by atoms with Gasteiger partial charge in [0.15, 0.2) is 0 Å². The zero-order valence-corrected chi connectivity index (χ0v) is 11.8. The van der Waals surface area contributed by atoms with Crippen LogP contribution in [0.4, 0.5) is 0 Å². The van der Waals surface area contributed by atoms with Crippen molar-refractivity contribution < 1.29 is 18.8 Å². The third-order valence-corrected chi connectivity index (χ3v) is 2.71. The van der Waals surface area contributed by atoms with Crippen LogP contribution in [0.1, 0.15) is 13.8 Å². The number of hydrogen-bond donors (Lipinski definition) is 2. The van der Waals surface area contributed by atoms with E-state index in [9.17, 15) is 9.32 Å². The maximum atomic E-state index is 10.8. The average molecular weight is 267 g/mol. The summed E-state index contributed by atoms with van der Waals surface area (Å²) < 4.78 is 21.3. The number of aliphatic hydroxyl groups is 1. The highest BCUT2D eigenvalue weighted by Gasteiger charge is 2.03. The van der Waals surface area contributed by atoms with Gasteiger partial charge in [-0.25, -0.2) is 0 Å². The Hall–Kier alpha value is -0.0100. The molecule has 0 saturated heterocycles. The van der Waals surface area contributed by atoms with Crippen molar-refractivity contribution in [3.05, 3.63) is 0 Å². The van der Waals surface area contributed by atoms with E-state index in [-0.39, 0.29) is 6.10 Å². The van der Waals surface area contributed by atoms with Gasteiger partial charge in [0.05, 0.1) is 32.0 Å². The van der Waals surface area contributed by atoms with E-state index in [2.05, 4.69) is 5.32 Å². The van der Waals surface area contributed by atoms with Crippen LogP contribution in [0.2, 0.25) is 0 Å². The van der Waals surface area contributed by atoms with Crippen LogP contribution in [0.3, 0.4) is 0 Å². The van der Waals surface area contributed by atoms with Crippen molar-refractivity contribution in [1.29, 1.82) is 0 Å². The summed E-state index contributed by atoms with van der Waals surface area (Å²) >= 11 is 0. The second kappa shape index (κ2) is 11.1. The summed E-state index contributed by atoms with van der Waals surface area (Å²) in [4.78, 5) is 0. The Balaban J connectivity index is 3.23. The first-order chi connectivity index (χ1) is 8.02. The molecule has 0 bridgehead atoms. The lowest BCUT2D eigenvalue weighted by molar-refractivity contribution is -0.00983. The molecule has 2 N–H and O–H groups in total. The predicted molar refractivity (Wildman–Crippen MR) is 69.7 cm³/mol. The molecule has 17 heavy (non-hydrogen) atoms. The maximum Gasteiger partial charge on any atom is 0.0897 e. The fourth-order valence-corrected chi connectivity index (χ4v) is 1.54. The predicted octanol–water partition coefficient (Wildman–Crippen LogP) is -0.243. The molecule has 0 aromatic heterocycles. The maximum absolute atomic E-state index is 10.8. The van der Waals surface area contributed by atoms with Crippen LogP contribution in [0.25, 0.3) is 0 Å². The first-order valence-corrected chi connectivity index (χ1v) is 7.63. The second-order valence-electron chi connectivity index (χ2n) is 4.13. The first-order valence-electron chi connectivity index (χ1n) is 5.90. The molecule has 104 valence electrons. The number of nitrogens with one attached hydrogen (secondary N) is 1. The minimum Gasteiger partial charge on any atom is -0.389 e. The number of rotatable bonds is 11. The molecule has 0 aliphatic rings. The molecule has 0 aromatic carbocycles. The Labute approximate surface area is 106 Å². The van der Waals surface area contributed by atoms with Crippen molar-refractivity contribution >= 4 is 10.8 Å². The third-order valence-electron chi connectivity index (χ3n) is 1.94. The van der Waals surface area contributed by atoms with Gasteiger partial charge >= 0.3 is 0 Å². The number of hydrogen-bond acceptors (Lipinski definition) is 5. The zero-order chi connectivity index (χ0) is 13.1. The van der Waals surface area contributed by atoms with Gasteiger partial charge in [-0.05, 0) is 13.8 Å². The quantitative estimate of drug-likeness (QED) is 0.506. The molecule has 2 atom stereocenters. The van der Waals surface area contributed by atoms with Gasteiger partial charge in [0, 0.05) is 35.9 Å². The van der Waals surface area contributed by atoms with E-state index in [0.29, 0.717) is 38.7 Å². The van der Waals surface area contributed by atoms with Gasteiger partial charge < -0.3 is 19.9 Å². The summed E-state index contributed by atoms with van der Waals surface area (Å²) in [6.07, 6.45) is 1.34. The summed E-state index contributed by atoms with van der Waals surface area (Å²) in [6.45, 7) is 6.39. The largest absolute Gasteiger partial charge is 0.389 e. The average Bonchev–Trinajstić information content (AvgIpc) is 2.23. The normalized spacial score (nSPS) is 15.1. The van der Waals surface area contributed by atoms with Crippen molar-refractivity contribution in [2.24, 2.45) is 0 Å². The molecule has 0 amide bonds. The molecule has 0 saturated carbocycles. The third kappa shape index (κ3) is 13.9. The Morgan fingerprint density at radius 1 is 1.35 bits per heavy atom. The molecule has 0 aliphatic carbocycles. The summed E-state index contributed by atoms with van der Waals surface area (Å²) in [6, 6.07) is 0. The highest BCUT2D eigenvalue weighted by Crippen LogP contribution is 1.89. The van der Waals surface area contributed by atoms with Crippen molar-refractivity contribution in [3.63, 3.8) is 0 Å². The van der Waals surface area contributed by atoms with Gasteiger partial charge in [0.2, 0.25) is 0 Å². The van der Waals surface area contributed by atoms with E-state index in [1.54, 1.807) is 6.26 Å². The second-order valence-corrected chi connectivity index (χ2v) is 5.68. The van der Waals surface area contributed by atoms with Crippen molar-refractivity contribution in [2.45, 2.75) is 26.1 Å². The Kier molecular flexibility index (Phi) is 11.1. The van der Waals surface area contributed by atoms with Crippen LogP contribution in [0.5, 0.6) is 0 Å². The molecule has 0 fully saturated rings. The molecule has 0 aliphatic heterocycles. The van der Waals surface area contributed by atoms with Crippen LogP contribution >= 0.6 is 0 Å². The topological polar surface area (TPSA) is 67.8 Å². The van der Waals surface area contributed by atoms with Gasteiger partial charge in [0.1, 0.15) is 0 Å². The Morgan fingerprint density at radius 2 is 2.06 bits per heavy atom. The van der Waals surface area contributed by atoms with E-state index in [0.717, 1.165) is 0 Å². The van der Waals surface area contributed by atoms with E-state index >= 15 is 0 Å². The number of aliphatic hydroxyl groups excluding tert-OH is 1. The fraction of sp³-hybridized carbons (Fsp3) is 1.00. The number of ether oxygens (including phenoxy) is 2. The molecule has 0 rings (SSSR count). The molecule has 0 spiro atoms. The minimum atomic E-state index is -0.785. The van der Waals surface area contributed by atoms with Crippen LogP contribution in [0.15, 0.2) is 0 Å². The van der Waals surface area contributed by atoms with E-state index in [1.807, 2.05) is 13.8 Å². The molecule has 0 radical (unpaired) electrons. The van der Waals surface area contributed by atoms with Crippen LogP contribution in [-0.2, 0) is 20.3 Å². The monoisotopic (exact) mass is 267 g/mol. The summed E-state index contributed by atoms with van der Waals surface area (Å²) in [5.41, 5.74) is 0. The molecule has 6 heteroatoms. The van der Waals surface area contributed by atoms with Gasteiger partial charge in [-0.1, -0.05) is 0 Å². The highest BCUT2D eigenvalue weighted by molar-refractivity contribution is 7.84. The fourth-order valence-electron chi connectivity index (χ4n) is 1.11.